The molecule has 134 valence electrons. The van der Waals surface area contributed by atoms with Gasteiger partial charge in [-0.2, -0.15) is 0 Å². The minimum absolute atomic E-state index is 0.0128. The number of ketones is 1. The maximum atomic E-state index is 12.3. The summed E-state index contributed by atoms with van der Waals surface area (Å²) in [7, 11) is 1.72. The summed E-state index contributed by atoms with van der Waals surface area (Å²) in [5.41, 5.74) is 0.730. The number of Topliss-reactive ketones (excluding diaryl/α,β-unsaturated/α-hetero) is 1. The van der Waals surface area contributed by atoms with Gasteiger partial charge in [-0.05, 0) is 24.8 Å². The van der Waals surface area contributed by atoms with E-state index in [1.807, 2.05) is 20.8 Å². The van der Waals surface area contributed by atoms with Gasteiger partial charge in [0.05, 0.1) is 6.04 Å². The molecule has 1 aliphatic rings. The highest BCUT2D eigenvalue weighted by molar-refractivity contribution is 5.93. The molecule has 0 aromatic rings. The fraction of sp³-hybridized carbons (Fsp3) is 0.632. The van der Waals surface area contributed by atoms with Gasteiger partial charge in [-0.25, -0.2) is 0 Å². The van der Waals surface area contributed by atoms with Crippen LogP contribution in [0.5, 0.6) is 0 Å². The van der Waals surface area contributed by atoms with Crippen LogP contribution < -0.4 is 0 Å². The molecule has 0 bridgehead atoms. The van der Waals surface area contributed by atoms with Gasteiger partial charge in [-0.15, -0.1) is 0 Å². The molecule has 1 heterocycles. The molecule has 0 aromatic heterocycles. The summed E-state index contributed by atoms with van der Waals surface area (Å²) in [5, 5.41) is 0. The first-order valence-corrected chi connectivity index (χ1v) is 8.76. The van der Waals surface area contributed by atoms with E-state index in [9.17, 15) is 14.4 Å². The Morgan fingerprint density at radius 3 is 2.38 bits per heavy atom. The van der Waals surface area contributed by atoms with Gasteiger partial charge in [-0.3, -0.25) is 14.4 Å². The number of nitrogens with zero attached hydrogens (tertiary/aromatic N) is 2. The Kier molecular flexibility index (Phi) is 7.89. The first kappa shape index (κ1) is 20.1. The first-order valence-electron chi connectivity index (χ1n) is 8.76. The second kappa shape index (κ2) is 9.40. The van der Waals surface area contributed by atoms with Crippen LogP contribution in [0.15, 0.2) is 24.4 Å². The highest BCUT2D eigenvalue weighted by Crippen LogP contribution is 2.16. The first-order chi connectivity index (χ1) is 11.3. The standard InChI is InChI=1S/C19H30N2O3/c1-6-16(22)19(14(2)3)20(5)17(23)10-8-7-9-13-21-15(4)11-12-18(21)24/h11-12,14,19H,4,6-10,13H2,1-3,5H3/t19-/m0/s1. The van der Waals surface area contributed by atoms with Gasteiger partial charge >= 0.3 is 0 Å². The molecule has 0 saturated carbocycles. The topological polar surface area (TPSA) is 57.7 Å². The van der Waals surface area contributed by atoms with Crippen LogP contribution in [0.4, 0.5) is 0 Å². The van der Waals surface area contributed by atoms with E-state index in [2.05, 4.69) is 6.58 Å². The molecule has 0 unspecified atom stereocenters. The van der Waals surface area contributed by atoms with Crippen LogP contribution in [0.2, 0.25) is 0 Å². The van der Waals surface area contributed by atoms with Crippen molar-refractivity contribution >= 4 is 17.6 Å². The van der Waals surface area contributed by atoms with Crippen LogP contribution >= 0.6 is 0 Å². The lowest BCUT2D eigenvalue weighted by Crippen LogP contribution is -2.45. The number of rotatable bonds is 10. The molecule has 1 rings (SSSR count). The van der Waals surface area contributed by atoms with E-state index in [1.54, 1.807) is 22.9 Å². The van der Waals surface area contributed by atoms with E-state index in [4.69, 9.17) is 0 Å². The summed E-state index contributed by atoms with van der Waals surface area (Å²) in [5.74, 6) is 0.220. The summed E-state index contributed by atoms with van der Waals surface area (Å²) in [6, 6.07) is -0.334. The third-order valence-corrected chi connectivity index (χ3v) is 4.42. The minimum Gasteiger partial charge on any atom is -0.335 e. The average molecular weight is 334 g/mol. The molecule has 0 aliphatic carbocycles. The lowest BCUT2D eigenvalue weighted by Gasteiger charge is -2.30. The Hall–Kier alpha value is -1.91. The van der Waals surface area contributed by atoms with E-state index in [0.717, 1.165) is 25.0 Å². The van der Waals surface area contributed by atoms with Crippen molar-refractivity contribution in [2.75, 3.05) is 13.6 Å². The number of carbonyl (C=O) groups excluding carboxylic acids is 3. The number of allylic oxidation sites excluding steroid dienone is 1. The Bertz CT molecular complexity index is 505. The van der Waals surface area contributed by atoms with E-state index >= 15 is 0 Å². The van der Waals surface area contributed by atoms with Gasteiger partial charge < -0.3 is 9.80 Å². The molecule has 0 radical (unpaired) electrons. The quantitative estimate of drug-likeness (QED) is 0.577. The normalized spacial score (nSPS) is 15.3. The predicted molar refractivity (Wildman–Crippen MR) is 95.2 cm³/mol. The van der Waals surface area contributed by atoms with Crippen LogP contribution in [0.25, 0.3) is 0 Å². The zero-order valence-electron chi connectivity index (χ0n) is 15.4. The van der Waals surface area contributed by atoms with Gasteiger partial charge in [0.15, 0.2) is 5.78 Å². The summed E-state index contributed by atoms with van der Waals surface area (Å²) in [6.07, 6.45) is 6.59. The maximum Gasteiger partial charge on any atom is 0.251 e. The third kappa shape index (κ3) is 5.32. The summed E-state index contributed by atoms with van der Waals surface area (Å²) in [6.45, 7) is 10.2. The zero-order valence-corrected chi connectivity index (χ0v) is 15.4. The summed E-state index contributed by atoms with van der Waals surface area (Å²) in [4.78, 5) is 39.2. The van der Waals surface area contributed by atoms with Gasteiger partial charge in [0.1, 0.15) is 0 Å². The van der Waals surface area contributed by atoms with E-state index in [0.29, 0.717) is 19.4 Å². The minimum atomic E-state index is -0.334. The van der Waals surface area contributed by atoms with Crippen molar-refractivity contribution in [2.45, 2.75) is 58.9 Å². The fourth-order valence-corrected chi connectivity index (χ4v) is 3.04. The lowest BCUT2D eigenvalue weighted by atomic mass is 9.96. The number of hydrogen-bond donors (Lipinski definition) is 0. The Morgan fingerprint density at radius 2 is 1.88 bits per heavy atom. The molecular weight excluding hydrogens is 304 g/mol. The second-order valence-corrected chi connectivity index (χ2v) is 6.64. The van der Waals surface area contributed by atoms with Crippen LogP contribution in [0, 0.1) is 5.92 Å². The van der Waals surface area contributed by atoms with Crippen molar-refractivity contribution in [1.82, 2.24) is 9.80 Å². The highest BCUT2D eigenvalue weighted by atomic mass is 16.2. The van der Waals surface area contributed by atoms with Gasteiger partial charge in [0.2, 0.25) is 5.91 Å². The molecule has 0 N–H and O–H groups in total. The zero-order chi connectivity index (χ0) is 18.3. The summed E-state index contributed by atoms with van der Waals surface area (Å²) >= 11 is 0. The van der Waals surface area contributed by atoms with E-state index in [-0.39, 0.29) is 29.6 Å². The molecule has 0 aromatic carbocycles. The van der Waals surface area contributed by atoms with Crippen molar-refractivity contribution in [3.05, 3.63) is 24.4 Å². The monoisotopic (exact) mass is 334 g/mol. The van der Waals surface area contributed by atoms with Crippen molar-refractivity contribution in [2.24, 2.45) is 5.92 Å². The summed E-state index contributed by atoms with van der Waals surface area (Å²) < 4.78 is 0. The van der Waals surface area contributed by atoms with Gasteiger partial charge in [-0.1, -0.05) is 33.8 Å². The molecule has 0 saturated heterocycles. The predicted octanol–water partition coefficient (Wildman–Crippen LogP) is 2.92. The Labute approximate surface area is 145 Å². The highest BCUT2D eigenvalue weighted by Gasteiger charge is 2.28. The van der Waals surface area contributed by atoms with Crippen LogP contribution in [0.1, 0.15) is 52.9 Å². The smallest absolute Gasteiger partial charge is 0.251 e. The van der Waals surface area contributed by atoms with Crippen LogP contribution in [-0.4, -0.2) is 47.0 Å². The maximum absolute atomic E-state index is 12.3. The number of carbonyl (C=O) groups is 3. The van der Waals surface area contributed by atoms with Crippen molar-refractivity contribution in [1.29, 1.82) is 0 Å². The van der Waals surface area contributed by atoms with Gasteiger partial charge in [0.25, 0.3) is 5.91 Å². The largest absolute Gasteiger partial charge is 0.335 e. The molecule has 0 spiro atoms. The van der Waals surface area contributed by atoms with E-state index in [1.165, 1.54) is 6.08 Å². The molecular formula is C19H30N2O3. The van der Waals surface area contributed by atoms with Gasteiger partial charge in [0, 0.05) is 38.2 Å². The Morgan fingerprint density at radius 1 is 1.21 bits per heavy atom. The Balaban J connectivity index is 2.33. The fourth-order valence-electron chi connectivity index (χ4n) is 3.04. The van der Waals surface area contributed by atoms with Crippen LogP contribution in [-0.2, 0) is 14.4 Å². The molecule has 24 heavy (non-hydrogen) atoms. The molecule has 2 amide bonds. The number of hydrogen-bond acceptors (Lipinski definition) is 3. The second-order valence-electron chi connectivity index (χ2n) is 6.64. The molecule has 5 heteroatoms. The number of unbranched alkanes of at least 4 members (excludes halogenated alkanes) is 2. The van der Waals surface area contributed by atoms with Crippen molar-refractivity contribution in [3.8, 4) is 0 Å². The molecule has 0 fully saturated rings. The van der Waals surface area contributed by atoms with Crippen molar-refractivity contribution < 1.29 is 14.4 Å². The van der Waals surface area contributed by atoms with E-state index < -0.39 is 0 Å². The number of likely N-dealkylation sites (N-methyl/N-ethyl adjacent to an activating group) is 1. The third-order valence-electron chi connectivity index (χ3n) is 4.42. The molecule has 1 atom stereocenters. The van der Waals surface area contributed by atoms with Crippen LogP contribution in [0.3, 0.4) is 0 Å². The average Bonchev–Trinajstić information content (AvgIpc) is 2.85. The van der Waals surface area contributed by atoms with Crippen molar-refractivity contribution in [3.63, 3.8) is 0 Å². The SMILES string of the molecule is C=C1C=CC(=O)N1CCCCCC(=O)N(C)[C@H](C(=O)CC)C(C)C. The lowest BCUT2D eigenvalue weighted by molar-refractivity contribution is -0.139. The molecule has 1 aliphatic heterocycles. The number of amides is 2. The molecule has 5 nitrogen and oxygen atoms in total.